The molecule has 1 saturated heterocycles. The number of esters is 1. The molecule has 9 heteroatoms. The summed E-state index contributed by atoms with van der Waals surface area (Å²) in [7, 11) is 3.66. The third-order valence-corrected chi connectivity index (χ3v) is 5.70. The minimum Gasteiger partial charge on any atom is -0.495 e. The van der Waals surface area contributed by atoms with E-state index in [0.29, 0.717) is 22.3 Å². The van der Waals surface area contributed by atoms with Crippen LogP contribution in [0.25, 0.3) is 10.9 Å². The molecule has 0 atom stereocenters. The van der Waals surface area contributed by atoms with Crippen molar-refractivity contribution in [3.63, 3.8) is 0 Å². The van der Waals surface area contributed by atoms with E-state index in [1.807, 2.05) is 6.07 Å². The zero-order chi connectivity index (χ0) is 23.5. The number of ether oxygens (including phenoxy) is 2. The largest absolute Gasteiger partial charge is 0.495 e. The first-order valence-electron chi connectivity index (χ1n) is 10.7. The highest BCUT2D eigenvalue weighted by molar-refractivity contribution is 6.07. The van der Waals surface area contributed by atoms with Crippen LogP contribution >= 0.6 is 0 Å². The molecule has 0 saturated carbocycles. The molecule has 4 rings (SSSR count). The predicted molar refractivity (Wildman–Crippen MR) is 124 cm³/mol. The van der Waals surface area contributed by atoms with E-state index in [0.717, 1.165) is 50.1 Å². The first kappa shape index (κ1) is 22.7. The van der Waals surface area contributed by atoms with Gasteiger partial charge in [0.05, 0.1) is 36.3 Å². The fourth-order valence-electron chi connectivity index (χ4n) is 3.89. The highest BCUT2D eigenvalue weighted by atomic mass is 19.1. The maximum absolute atomic E-state index is 14.5. The molecule has 1 fully saturated rings. The van der Waals surface area contributed by atoms with Crippen LogP contribution in [0.15, 0.2) is 36.5 Å². The van der Waals surface area contributed by atoms with E-state index in [1.54, 1.807) is 20.1 Å². The van der Waals surface area contributed by atoms with Gasteiger partial charge in [-0.3, -0.25) is 4.98 Å². The fraction of sp³-hybridized carbons (Fsp3) is 0.333. The molecule has 0 aliphatic carbocycles. The van der Waals surface area contributed by atoms with Crippen LogP contribution in [-0.2, 0) is 4.74 Å². The van der Waals surface area contributed by atoms with Gasteiger partial charge in [0.2, 0.25) is 0 Å². The molecule has 174 valence electrons. The lowest BCUT2D eigenvalue weighted by molar-refractivity contribution is 0.0527. The molecule has 0 unspecified atom stereocenters. The maximum Gasteiger partial charge on any atom is 0.341 e. The Morgan fingerprint density at radius 2 is 1.91 bits per heavy atom. The SMILES string of the molecule is CCOC(=O)c1cnc2cc(OC)c(N3CCN(C)CC3)cc2c1Nc1cc(F)ccc1F. The highest BCUT2D eigenvalue weighted by Crippen LogP contribution is 2.38. The molecule has 1 aliphatic heterocycles. The summed E-state index contributed by atoms with van der Waals surface area (Å²) in [4.78, 5) is 21.5. The van der Waals surface area contributed by atoms with Gasteiger partial charge in [-0.1, -0.05) is 0 Å². The Morgan fingerprint density at radius 1 is 1.15 bits per heavy atom. The van der Waals surface area contributed by atoms with E-state index in [9.17, 15) is 13.6 Å². The van der Waals surface area contributed by atoms with Crippen molar-refractivity contribution in [2.24, 2.45) is 0 Å². The summed E-state index contributed by atoms with van der Waals surface area (Å²) in [5, 5.41) is 3.48. The van der Waals surface area contributed by atoms with E-state index in [2.05, 4.69) is 27.1 Å². The van der Waals surface area contributed by atoms with Gasteiger partial charge in [0.25, 0.3) is 0 Å². The monoisotopic (exact) mass is 456 g/mol. The minimum atomic E-state index is -0.649. The van der Waals surface area contributed by atoms with E-state index >= 15 is 0 Å². The summed E-state index contributed by atoms with van der Waals surface area (Å²) in [5.41, 5.74) is 1.70. The molecule has 2 heterocycles. The Labute approximate surface area is 190 Å². The quantitative estimate of drug-likeness (QED) is 0.558. The van der Waals surface area contributed by atoms with Crippen LogP contribution in [0.1, 0.15) is 17.3 Å². The van der Waals surface area contributed by atoms with Gasteiger partial charge >= 0.3 is 5.97 Å². The number of aromatic nitrogens is 1. The van der Waals surface area contributed by atoms with Crippen molar-refractivity contribution in [1.29, 1.82) is 0 Å². The Kier molecular flexibility index (Phi) is 6.60. The third-order valence-electron chi connectivity index (χ3n) is 5.70. The molecule has 33 heavy (non-hydrogen) atoms. The molecule has 0 amide bonds. The zero-order valence-corrected chi connectivity index (χ0v) is 18.8. The second-order valence-corrected chi connectivity index (χ2v) is 7.85. The summed E-state index contributed by atoms with van der Waals surface area (Å²) in [6.45, 7) is 5.24. The zero-order valence-electron chi connectivity index (χ0n) is 18.8. The van der Waals surface area contributed by atoms with Gasteiger partial charge in [-0.05, 0) is 32.2 Å². The number of anilines is 3. The molecule has 0 radical (unpaired) electrons. The van der Waals surface area contributed by atoms with Crippen LogP contribution in [-0.4, -0.2) is 62.8 Å². The third kappa shape index (κ3) is 4.68. The van der Waals surface area contributed by atoms with Gasteiger partial charge in [0.15, 0.2) is 0 Å². The number of carbonyl (C=O) groups is 1. The van der Waals surface area contributed by atoms with Crippen molar-refractivity contribution in [1.82, 2.24) is 9.88 Å². The standard InChI is InChI=1S/C24H26F2N4O3/c1-4-33-24(31)17-14-27-19-13-22(32-3)21(30-9-7-29(2)8-10-30)12-16(19)23(17)28-20-11-15(25)5-6-18(20)26/h5-6,11-14H,4,7-10H2,1-3H3,(H,27,28). The summed E-state index contributed by atoms with van der Waals surface area (Å²) < 4.78 is 39.1. The number of piperazine rings is 1. The number of pyridine rings is 1. The van der Waals surface area contributed by atoms with Crippen molar-refractivity contribution in [2.75, 3.05) is 57.2 Å². The average molecular weight is 456 g/mol. The summed E-state index contributed by atoms with van der Waals surface area (Å²) in [5.74, 6) is -1.21. The summed E-state index contributed by atoms with van der Waals surface area (Å²) >= 11 is 0. The van der Waals surface area contributed by atoms with E-state index in [4.69, 9.17) is 9.47 Å². The van der Waals surface area contributed by atoms with Crippen LogP contribution in [0.2, 0.25) is 0 Å². The number of carbonyl (C=O) groups excluding carboxylic acids is 1. The second-order valence-electron chi connectivity index (χ2n) is 7.85. The van der Waals surface area contributed by atoms with Gasteiger partial charge in [-0.2, -0.15) is 0 Å². The smallest absolute Gasteiger partial charge is 0.341 e. The number of halogens is 2. The number of hydrogen-bond acceptors (Lipinski definition) is 7. The first-order chi connectivity index (χ1) is 15.9. The van der Waals surface area contributed by atoms with Crippen LogP contribution in [0.4, 0.5) is 25.8 Å². The van der Waals surface area contributed by atoms with Crippen molar-refractivity contribution in [2.45, 2.75) is 6.92 Å². The average Bonchev–Trinajstić information content (AvgIpc) is 2.81. The number of nitrogens with one attached hydrogen (secondary N) is 1. The van der Waals surface area contributed by atoms with Gasteiger partial charge in [0, 0.05) is 49.9 Å². The van der Waals surface area contributed by atoms with Crippen molar-refractivity contribution in [3.05, 3.63) is 53.7 Å². The molecule has 7 nitrogen and oxygen atoms in total. The van der Waals surface area contributed by atoms with E-state index < -0.39 is 17.6 Å². The summed E-state index contributed by atoms with van der Waals surface area (Å²) in [6.07, 6.45) is 1.37. The van der Waals surface area contributed by atoms with E-state index in [1.165, 1.54) is 6.20 Å². The fourth-order valence-corrected chi connectivity index (χ4v) is 3.89. The van der Waals surface area contributed by atoms with Crippen molar-refractivity contribution < 1.29 is 23.0 Å². The van der Waals surface area contributed by atoms with Gasteiger partial charge < -0.3 is 24.6 Å². The lowest BCUT2D eigenvalue weighted by atomic mass is 10.1. The number of nitrogens with zero attached hydrogens (tertiary/aromatic N) is 3. The molecule has 1 aromatic heterocycles. The normalized spacial score (nSPS) is 14.4. The Morgan fingerprint density at radius 3 is 2.61 bits per heavy atom. The molecule has 0 bridgehead atoms. The maximum atomic E-state index is 14.5. The number of benzene rings is 2. The molecular formula is C24H26F2N4O3. The van der Waals surface area contributed by atoms with Gasteiger partial charge in [-0.25, -0.2) is 13.6 Å². The second kappa shape index (κ2) is 9.58. The van der Waals surface area contributed by atoms with Crippen LogP contribution < -0.4 is 15.0 Å². The first-order valence-corrected chi connectivity index (χ1v) is 10.7. The number of likely N-dealkylation sites (N-methyl/N-ethyl adjacent to an activating group) is 1. The number of fused-ring (bicyclic) bond motifs is 1. The van der Waals surface area contributed by atoms with Crippen molar-refractivity contribution >= 4 is 33.9 Å². The summed E-state index contributed by atoms with van der Waals surface area (Å²) in [6, 6.07) is 6.76. The molecular weight excluding hydrogens is 430 g/mol. The van der Waals surface area contributed by atoms with Gasteiger partial charge in [-0.15, -0.1) is 0 Å². The Balaban J connectivity index is 1.90. The Hall–Kier alpha value is -3.46. The van der Waals surface area contributed by atoms with E-state index in [-0.39, 0.29) is 17.9 Å². The van der Waals surface area contributed by atoms with Crippen LogP contribution in [0.5, 0.6) is 5.75 Å². The molecule has 2 aromatic carbocycles. The van der Waals surface area contributed by atoms with Gasteiger partial charge in [0.1, 0.15) is 22.9 Å². The molecule has 1 aliphatic rings. The molecule has 0 spiro atoms. The lowest BCUT2D eigenvalue weighted by Gasteiger charge is -2.35. The van der Waals surface area contributed by atoms with Crippen LogP contribution in [0, 0.1) is 11.6 Å². The predicted octanol–water partition coefficient (Wildman–Crippen LogP) is 4.19. The van der Waals surface area contributed by atoms with Crippen molar-refractivity contribution in [3.8, 4) is 5.75 Å². The van der Waals surface area contributed by atoms with Crippen LogP contribution in [0.3, 0.4) is 0 Å². The Bertz CT molecular complexity index is 1180. The number of methoxy groups -OCH3 is 1. The lowest BCUT2D eigenvalue weighted by Crippen LogP contribution is -2.44. The number of hydrogen-bond donors (Lipinski definition) is 1. The minimum absolute atomic E-state index is 0.0926. The molecule has 3 aromatic rings. The molecule has 1 N–H and O–H groups in total. The topological polar surface area (TPSA) is 66.9 Å². The highest BCUT2D eigenvalue weighted by Gasteiger charge is 2.23. The number of rotatable bonds is 6.